The number of sulfonamides is 2. The number of halogens is 5. The maximum atomic E-state index is 14.5. The molecular weight excluding hydrogens is 1380 g/mol. The van der Waals surface area contributed by atoms with Crippen molar-refractivity contribution in [1.82, 2.24) is 44.7 Å². The van der Waals surface area contributed by atoms with Crippen molar-refractivity contribution >= 4 is 102 Å². The molecular formula is C53H64ClF4N12O21PS3. The first-order valence-electron chi connectivity index (χ1n) is 27.6. The van der Waals surface area contributed by atoms with E-state index in [1.165, 1.54) is 71.6 Å². The molecule has 0 bridgehead atoms. The average Bonchev–Trinajstić information content (AvgIpc) is 1.67. The number of esters is 1. The van der Waals surface area contributed by atoms with Crippen LogP contribution in [0.2, 0.25) is 5.02 Å². The van der Waals surface area contributed by atoms with E-state index in [0.717, 1.165) is 61.4 Å². The lowest BCUT2D eigenvalue weighted by atomic mass is 9.93. The van der Waals surface area contributed by atoms with E-state index in [1.807, 2.05) is 6.92 Å². The summed E-state index contributed by atoms with van der Waals surface area (Å²) < 4.78 is 164. The maximum absolute atomic E-state index is 14.5. The Morgan fingerprint density at radius 1 is 0.768 bits per heavy atom. The summed E-state index contributed by atoms with van der Waals surface area (Å²) in [6.07, 6.45) is -0.299. The van der Waals surface area contributed by atoms with Crippen molar-refractivity contribution in [3.63, 3.8) is 0 Å². The third-order valence-electron chi connectivity index (χ3n) is 12.1. The van der Waals surface area contributed by atoms with Gasteiger partial charge in [0.25, 0.3) is 31.9 Å². The van der Waals surface area contributed by atoms with E-state index in [0.29, 0.717) is 30.6 Å². The molecule has 1 aliphatic carbocycles. The molecule has 0 saturated carbocycles. The number of aromatic nitrogens is 6. The number of aryl methyl sites for hydroxylation is 2. The highest BCUT2D eigenvalue weighted by Crippen LogP contribution is 2.40. The number of amides is 6. The molecule has 3 aromatic heterocycles. The molecule has 95 heavy (non-hydrogen) atoms. The number of methoxy groups -OCH3 is 3. The van der Waals surface area contributed by atoms with Gasteiger partial charge in [-0.25, -0.2) is 54.9 Å². The van der Waals surface area contributed by atoms with Gasteiger partial charge < -0.3 is 38.6 Å². The van der Waals surface area contributed by atoms with Crippen molar-refractivity contribution in [3.05, 3.63) is 94.2 Å². The van der Waals surface area contributed by atoms with Crippen molar-refractivity contribution in [2.75, 3.05) is 68.7 Å². The maximum Gasteiger partial charge on any atom is 0.389 e. The van der Waals surface area contributed by atoms with Crippen LogP contribution in [0.3, 0.4) is 0 Å². The second kappa shape index (κ2) is 35.6. The second-order valence-electron chi connectivity index (χ2n) is 19.2. The molecule has 2 aliphatic rings. The summed E-state index contributed by atoms with van der Waals surface area (Å²) in [5.74, 6) is -4.12. The molecule has 33 nitrogen and oxygen atoms in total. The number of anilines is 3. The van der Waals surface area contributed by atoms with E-state index in [1.54, 1.807) is 9.44 Å². The molecule has 0 spiro atoms. The van der Waals surface area contributed by atoms with E-state index in [-0.39, 0.29) is 63.3 Å². The molecule has 42 heteroatoms. The summed E-state index contributed by atoms with van der Waals surface area (Å²) in [5, 5.41) is 13.4. The van der Waals surface area contributed by atoms with Crippen molar-refractivity contribution in [3.8, 4) is 23.5 Å². The van der Waals surface area contributed by atoms with Gasteiger partial charge in [0, 0.05) is 29.8 Å². The summed E-state index contributed by atoms with van der Waals surface area (Å²) in [6.45, 7) is 4.35. The molecule has 2 aromatic carbocycles. The number of alkyl halides is 3. The number of hydrogen-bond donors (Lipinski definition) is 8. The van der Waals surface area contributed by atoms with E-state index in [4.69, 9.17) is 50.2 Å². The number of nitrogens with one attached hydrogen (secondary N) is 5. The van der Waals surface area contributed by atoms with Gasteiger partial charge in [-0.05, 0) is 75.3 Å². The summed E-state index contributed by atoms with van der Waals surface area (Å²) in [7, 11) is -13.1. The number of carboxylic acid groups (broad SMARTS) is 1. The van der Waals surface area contributed by atoms with Crippen molar-refractivity contribution < 1.29 is 115 Å². The fourth-order valence-corrected chi connectivity index (χ4v) is 12.2. The largest absolute Gasteiger partial charge is 0.481 e. The molecule has 1 aliphatic heterocycles. The molecule has 8 N–H and O–H groups in total. The first-order valence-corrected chi connectivity index (χ1v) is 34.4. The number of urea groups is 2. The molecule has 0 fully saturated rings. The smallest absolute Gasteiger partial charge is 0.389 e. The predicted octanol–water partition coefficient (Wildman–Crippen LogP) is 5.52. The Labute approximate surface area is 545 Å². The van der Waals surface area contributed by atoms with Gasteiger partial charge >= 0.3 is 43.8 Å². The van der Waals surface area contributed by atoms with Gasteiger partial charge in [-0.2, -0.15) is 46.5 Å². The van der Waals surface area contributed by atoms with Gasteiger partial charge in [0.1, 0.15) is 22.3 Å². The Balaban J connectivity index is 0.000000282. The van der Waals surface area contributed by atoms with Crippen LogP contribution in [-0.2, 0) is 64.8 Å². The van der Waals surface area contributed by atoms with Crippen LogP contribution >= 0.6 is 19.2 Å². The van der Waals surface area contributed by atoms with E-state index in [9.17, 15) is 76.1 Å². The van der Waals surface area contributed by atoms with Gasteiger partial charge in [0.15, 0.2) is 21.5 Å². The zero-order valence-corrected chi connectivity index (χ0v) is 55.2. The Morgan fingerprint density at radius 3 is 1.89 bits per heavy atom. The number of carboxylic acids is 1. The highest BCUT2D eigenvalue weighted by molar-refractivity contribution is 7.93. The van der Waals surface area contributed by atoms with E-state index in [2.05, 4.69) is 45.9 Å². The van der Waals surface area contributed by atoms with E-state index < -0.39 is 132 Å². The zero-order chi connectivity index (χ0) is 71.1. The molecule has 5 aromatic rings. The fraction of sp³-hybridized carbons (Fsp3) is 0.396. The lowest BCUT2D eigenvalue weighted by Crippen LogP contribution is -2.36. The monoisotopic (exact) mass is 1440 g/mol. The van der Waals surface area contributed by atoms with Crippen molar-refractivity contribution in [2.45, 2.75) is 99.6 Å². The van der Waals surface area contributed by atoms with E-state index >= 15 is 0 Å². The summed E-state index contributed by atoms with van der Waals surface area (Å²) in [4.78, 5) is 110. The number of carbonyl (C=O) groups is 6. The Kier molecular flexibility index (Phi) is 29.5. The topological polar surface area (TPSA) is 469 Å². The molecule has 520 valence electrons. The lowest BCUT2D eigenvalue weighted by Gasteiger charge is -2.18. The third-order valence-corrected chi connectivity index (χ3v) is 17.7. The number of pyridine rings is 1. The fourth-order valence-electron chi connectivity index (χ4n) is 7.88. The minimum absolute atomic E-state index is 0.000883. The summed E-state index contributed by atoms with van der Waals surface area (Å²) in [6, 6.07) is 8.43. The van der Waals surface area contributed by atoms with Crippen LogP contribution in [0.15, 0.2) is 86.8 Å². The van der Waals surface area contributed by atoms with Gasteiger partial charge in [-0.3, -0.25) is 34.9 Å². The summed E-state index contributed by atoms with van der Waals surface area (Å²) in [5.41, 5.74) is 0.602. The number of imide groups is 1. The number of unbranched alkanes of at least 4 members (excludes halogenated alkanes) is 2. The SMILES string of the molecule is CCCCCOC(=O)COc1cc(N2C(=O)C3=C(CCCC3)C2=O)c(F)cc1Cl.CCS(=O)(=O)c1cccnc1S(=O)(=O)NC(=O)Nc1nc(OC)cc(OC)n1.COc1nc(C)nc(NC(=O)NS(=O)(=O)c2ccccc2CCC(F)(F)F)n1.O=C(O)CNCP(=O)(O)O. The number of rotatable bonds is 25. The first-order chi connectivity index (χ1) is 44.5. The van der Waals surface area contributed by atoms with Crippen molar-refractivity contribution in [1.29, 1.82) is 0 Å². The molecule has 0 unspecified atom stereocenters. The number of aliphatic carboxylic acids is 1. The first kappa shape index (κ1) is 78.7. The van der Waals surface area contributed by atoms with Crippen LogP contribution in [0.4, 0.5) is 44.7 Å². The normalized spacial score (nSPS) is 13.0. The van der Waals surface area contributed by atoms with Crippen LogP contribution in [0.5, 0.6) is 23.5 Å². The molecule has 0 radical (unpaired) electrons. The molecule has 4 heterocycles. The number of sulfone groups is 1. The molecule has 0 saturated heterocycles. The standard InChI is InChI=1S/C21H23ClFNO5.C15H16F3N5O4S.C14H17N5O7S2.C3H8NO5P/c1-2-3-6-9-28-19(25)12-29-18-11-17(16(23)10-15(18)22)24-20(26)13-7-4-5-8-14(13)21(24)27;1-9-19-12(22-14(20-9)27-2)21-13(24)23-28(25,26)11-6-4-3-5-10(11)7-8-15(16,17)18;1-4-27(21,22)9-6-5-7-15-12(9)28(23,24)19-14(20)18-13-16-10(25-2)8-11(17-13)26-3;5-3(6)1-4-2-10(7,8)9/h10-11H,2-9,12H2,1H3;3-6H,7-8H2,1-2H3,(H2,19,20,21,22,23,24);5-8H,4H2,1-3H3,(H2,16,17,18,19,20);4H,1-2H2,(H,5,6)(H2,7,8,9). The molecule has 6 amide bonds. The number of hydrogen-bond acceptors (Lipinski definition) is 25. The van der Waals surface area contributed by atoms with Crippen LogP contribution < -0.4 is 49.2 Å². The number of carbonyl (C=O) groups excluding carboxylic acids is 5. The van der Waals surface area contributed by atoms with Gasteiger partial charge in [-0.15, -0.1) is 0 Å². The van der Waals surface area contributed by atoms with Gasteiger partial charge in [0.2, 0.25) is 23.7 Å². The molecule has 7 rings (SSSR count). The minimum Gasteiger partial charge on any atom is -0.481 e. The quantitative estimate of drug-likeness (QED) is 0.0117. The van der Waals surface area contributed by atoms with Crippen LogP contribution in [0.25, 0.3) is 0 Å². The second-order valence-corrected chi connectivity index (χ2v) is 26.8. The Hall–Kier alpha value is -8.79. The lowest BCUT2D eigenvalue weighted by molar-refractivity contribution is -0.146. The molecule has 0 atom stereocenters. The van der Waals surface area contributed by atoms with Gasteiger partial charge in [0.05, 0.1) is 68.2 Å². The van der Waals surface area contributed by atoms with Crippen molar-refractivity contribution in [2.24, 2.45) is 0 Å². The number of benzene rings is 2. The Bertz CT molecular complexity index is 3990. The minimum atomic E-state index is -4.61. The Morgan fingerprint density at radius 2 is 1.35 bits per heavy atom. The number of nitrogens with zero attached hydrogens (tertiary/aromatic N) is 7. The van der Waals surface area contributed by atoms with Gasteiger partial charge in [-0.1, -0.05) is 56.5 Å². The highest BCUT2D eigenvalue weighted by Gasteiger charge is 2.41. The summed E-state index contributed by atoms with van der Waals surface area (Å²) >= 11 is 6.02. The highest BCUT2D eigenvalue weighted by atomic mass is 35.5. The predicted molar refractivity (Wildman–Crippen MR) is 326 cm³/mol. The third kappa shape index (κ3) is 25.1. The number of ether oxygens (including phenoxy) is 5. The van der Waals surface area contributed by atoms with Crippen LogP contribution in [-0.4, -0.2) is 165 Å². The van der Waals surface area contributed by atoms with Crippen LogP contribution in [0, 0.1) is 12.7 Å². The zero-order valence-electron chi connectivity index (χ0n) is 51.1. The average molecular weight is 1440 g/mol. The van der Waals surface area contributed by atoms with Crippen LogP contribution in [0.1, 0.15) is 76.6 Å².